The number of ether oxygens (including phenoxy) is 1. The Morgan fingerprint density at radius 2 is 1.55 bits per heavy atom. The molecule has 31 heavy (non-hydrogen) atoms. The molecule has 1 aliphatic rings. The molecule has 0 fully saturated rings. The van der Waals surface area contributed by atoms with Crippen LogP contribution in [0.1, 0.15) is 0 Å². The zero-order chi connectivity index (χ0) is 22.0. The van der Waals surface area contributed by atoms with Gasteiger partial charge < -0.3 is 10.1 Å². The SMILES string of the molecule is COc1ccc(Cl)cc1N1C(=O)C(Nc2ccc(Cl)cc2)=C(Sc2ccccc2)C1=O. The van der Waals surface area contributed by atoms with Crippen molar-refractivity contribution in [2.75, 3.05) is 17.3 Å². The van der Waals surface area contributed by atoms with E-state index in [-0.39, 0.29) is 16.3 Å². The number of hydrogen-bond acceptors (Lipinski definition) is 5. The van der Waals surface area contributed by atoms with Crippen molar-refractivity contribution in [3.63, 3.8) is 0 Å². The lowest BCUT2D eigenvalue weighted by molar-refractivity contribution is -0.120. The maximum Gasteiger partial charge on any atom is 0.283 e. The first-order valence-electron chi connectivity index (χ1n) is 9.20. The Morgan fingerprint density at radius 3 is 2.23 bits per heavy atom. The first kappa shape index (κ1) is 21.3. The number of amides is 2. The molecule has 4 rings (SSSR count). The van der Waals surface area contributed by atoms with Gasteiger partial charge in [-0.2, -0.15) is 0 Å². The van der Waals surface area contributed by atoms with Crippen LogP contribution in [0.3, 0.4) is 0 Å². The Hall–Kier alpha value is -2.93. The van der Waals surface area contributed by atoms with Gasteiger partial charge in [0.1, 0.15) is 16.4 Å². The number of imide groups is 1. The highest BCUT2D eigenvalue weighted by Crippen LogP contribution is 2.41. The van der Waals surface area contributed by atoms with Gasteiger partial charge in [-0.15, -0.1) is 0 Å². The smallest absolute Gasteiger partial charge is 0.283 e. The first-order valence-corrected chi connectivity index (χ1v) is 10.8. The highest BCUT2D eigenvalue weighted by Gasteiger charge is 2.41. The third kappa shape index (κ3) is 4.42. The second-order valence-corrected chi connectivity index (χ2v) is 8.47. The fourth-order valence-electron chi connectivity index (χ4n) is 3.06. The molecule has 1 heterocycles. The van der Waals surface area contributed by atoms with Crippen molar-refractivity contribution < 1.29 is 14.3 Å². The Kier molecular flexibility index (Phi) is 6.23. The van der Waals surface area contributed by atoms with Gasteiger partial charge >= 0.3 is 0 Å². The van der Waals surface area contributed by atoms with E-state index < -0.39 is 11.8 Å². The summed E-state index contributed by atoms with van der Waals surface area (Å²) in [6.07, 6.45) is 0. The van der Waals surface area contributed by atoms with Gasteiger partial charge in [-0.05, 0) is 54.6 Å². The lowest BCUT2D eigenvalue weighted by Crippen LogP contribution is -2.32. The average molecular weight is 471 g/mol. The average Bonchev–Trinajstić information content (AvgIpc) is 3.00. The quantitative estimate of drug-likeness (QED) is 0.448. The van der Waals surface area contributed by atoms with Crippen molar-refractivity contribution >= 4 is 58.2 Å². The molecule has 3 aromatic carbocycles. The molecule has 1 N–H and O–H groups in total. The van der Waals surface area contributed by atoms with Crippen molar-refractivity contribution in [1.82, 2.24) is 0 Å². The summed E-state index contributed by atoms with van der Waals surface area (Å²) in [6.45, 7) is 0. The number of nitrogens with one attached hydrogen (secondary N) is 1. The Morgan fingerprint density at radius 1 is 0.871 bits per heavy atom. The highest BCUT2D eigenvalue weighted by molar-refractivity contribution is 8.04. The predicted molar refractivity (Wildman–Crippen MR) is 125 cm³/mol. The molecular formula is C23H16Cl2N2O3S. The van der Waals surface area contributed by atoms with Gasteiger partial charge in [0.2, 0.25) is 0 Å². The fourth-order valence-corrected chi connectivity index (χ4v) is 4.30. The summed E-state index contributed by atoms with van der Waals surface area (Å²) in [4.78, 5) is 29.0. The molecule has 5 nitrogen and oxygen atoms in total. The van der Waals surface area contributed by atoms with Crippen LogP contribution in [0.2, 0.25) is 10.0 Å². The van der Waals surface area contributed by atoms with Gasteiger partial charge in [-0.25, -0.2) is 4.90 Å². The number of nitrogens with zero attached hydrogens (tertiary/aromatic N) is 1. The Labute approximate surface area is 193 Å². The number of benzene rings is 3. The number of carbonyl (C=O) groups is 2. The van der Waals surface area contributed by atoms with Crippen LogP contribution >= 0.6 is 35.0 Å². The van der Waals surface area contributed by atoms with Crippen molar-refractivity contribution in [2.45, 2.75) is 4.90 Å². The molecule has 0 aromatic heterocycles. The van der Waals surface area contributed by atoms with Crippen molar-refractivity contribution in [1.29, 1.82) is 0 Å². The largest absolute Gasteiger partial charge is 0.495 e. The van der Waals surface area contributed by atoms with Crippen LogP contribution in [0, 0.1) is 0 Å². The molecule has 0 spiro atoms. The molecule has 0 radical (unpaired) electrons. The summed E-state index contributed by atoms with van der Waals surface area (Å²) in [5.74, 6) is -0.599. The molecule has 0 bridgehead atoms. The molecule has 1 aliphatic heterocycles. The summed E-state index contributed by atoms with van der Waals surface area (Å²) in [7, 11) is 1.47. The minimum atomic E-state index is -0.501. The second kappa shape index (κ2) is 9.06. The number of anilines is 2. The van der Waals surface area contributed by atoms with Gasteiger partial charge in [0.05, 0.1) is 12.8 Å². The van der Waals surface area contributed by atoms with Crippen molar-refractivity contribution in [3.8, 4) is 5.75 Å². The molecule has 2 amide bonds. The third-order valence-electron chi connectivity index (χ3n) is 4.50. The number of halogens is 2. The molecule has 0 aliphatic carbocycles. The number of hydrogen-bond donors (Lipinski definition) is 1. The number of rotatable bonds is 6. The van der Waals surface area contributed by atoms with Gasteiger partial charge in [-0.1, -0.05) is 53.2 Å². The van der Waals surface area contributed by atoms with Crippen molar-refractivity contribution in [2.24, 2.45) is 0 Å². The molecule has 156 valence electrons. The van der Waals surface area contributed by atoms with Gasteiger partial charge in [0, 0.05) is 20.6 Å². The van der Waals surface area contributed by atoms with E-state index >= 15 is 0 Å². The summed E-state index contributed by atoms with van der Waals surface area (Å²) in [6, 6.07) is 21.0. The lowest BCUT2D eigenvalue weighted by Gasteiger charge is -2.18. The zero-order valence-electron chi connectivity index (χ0n) is 16.3. The number of methoxy groups -OCH3 is 1. The van der Waals surface area contributed by atoms with E-state index in [0.717, 1.165) is 9.80 Å². The Bertz CT molecular complexity index is 1180. The summed E-state index contributed by atoms with van der Waals surface area (Å²) < 4.78 is 5.36. The van der Waals surface area contributed by atoms with E-state index in [1.807, 2.05) is 30.3 Å². The van der Waals surface area contributed by atoms with Gasteiger partial charge in [0.15, 0.2) is 0 Å². The lowest BCUT2D eigenvalue weighted by atomic mass is 10.2. The van der Waals surface area contributed by atoms with Crippen LogP contribution in [0.15, 0.2) is 88.3 Å². The minimum Gasteiger partial charge on any atom is -0.495 e. The molecule has 0 saturated carbocycles. The van der Waals surface area contributed by atoms with E-state index in [1.54, 1.807) is 36.4 Å². The molecule has 0 unspecified atom stereocenters. The normalized spacial score (nSPS) is 13.7. The summed E-state index contributed by atoms with van der Waals surface area (Å²) in [5.41, 5.74) is 1.08. The van der Waals surface area contributed by atoms with Crippen LogP contribution in [0.25, 0.3) is 0 Å². The van der Waals surface area contributed by atoms with E-state index in [9.17, 15) is 9.59 Å². The van der Waals surface area contributed by atoms with Crippen LogP contribution < -0.4 is 15.0 Å². The third-order valence-corrected chi connectivity index (χ3v) is 6.08. The second-order valence-electron chi connectivity index (χ2n) is 6.51. The maximum absolute atomic E-state index is 13.4. The molecule has 0 saturated heterocycles. The van der Waals surface area contributed by atoms with E-state index in [2.05, 4.69) is 5.32 Å². The van der Waals surface area contributed by atoms with Crippen molar-refractivity contribution in [3.05, 3.63) is 93.4 Å². The van der Waals surface area contributed by atoms with Crippen LogP contribution in [0.5, 0.6) is 5.75 Å². The molecule has 8 heteroatoms. The standard InChI is InChI=1S/C23H16Cl2N2O3S/c1-30-19-12-9-15(25)13-18(19)27-22(28)20(26-16-10-7-14(24)8-11-16)21(23(27)29)31-17-5-3-2-4-6-17/h2-13,26H,1H3. The van der Waals surface area contributed by atoms with E-state index in [0.29, 0.717) is 21.5 Å². The van der Waals surface area contributed by atoms with E-state index in [4.69, 9.17) is 27.9 Å². The zero-order valence-corrected chi connectivity index (χ0v) is 18.6. The highest BCUT2D eigenvalue weighted by atomic mass is 35.5. The van der Waals surface area contributed by atoms with Gasteiger partial charge in [-0.3, -0.25) is 9.59 Å². The van der Waals surface area contributed by atoms with Crippen LogP contribution in [0.4, 0.5) is 11.4 Å². The summed E-state index contributed by atoms with van der Waals surface area (Å²) >= 11 is 13.3. The van der Waals surface area contributed by atoms with Crippen LogP contribution in [-0.2, 0) is 9.59 Å². The topological polar surface area (TPSA) is 58.6 Å². The first-order chi connectivity index (χ1) is 15.0. The summed E-state index contributed by atoms with van der Waals surface area (Å²) in [5, 5.41) is 4.03. The molecule has 3 aromatic rings. The maximum atomic E-state index is 13.4. The van der Waals surface area contributed by atoms with E-state index in [1.165, 1.54) is 24.9 Å². The number of carbonyl (C=O) groups excluding carboxylic acids is 2. The van der Waals surface area contributed by atoms with Gasteiger partial charge in [0.25, 0.3) is 11.8 Å². The van der Waals surface area contributed by atoms with Crippen LogP contribution in [-0.4, -0.2) is 18.9 Å². The Balaban J connectivity index is 1.78. The monoisotopic (exact) mass is 470 g/mol. The minimum absolute atomic E-state index is 0.170. The predicted octanol–water partition coefficient (Wildman–Crippen LogP) is 5.99. The molecular weight excluding hydrogens is 455 g/mol. The number of thioether (sulfide) groups is 1. The fraction of sp³-hybridized carbons (Fsp3) is 0.0435. The molecule has 0 atom stereocenters.